The third-order valence-corrected chi connectivity index (χ3v) is 13.3. The molecule has 0 aliphatic carbocycles. The lowest BCUT2D eigenvalue weighted by Gasteiger charge is -2.18. The summed E-state index contributed by atoms with van der Waals surface area (Å²) in [5.41, 5.74) is 0. The topological polar surface area (TPSA) is 78.9 Å². The van der Waals surface area contributed by atoms with Crippen LogP contribution < -0.4 is 0 Å². The molecule has 374 valence electrons. The fraction of sp³-hybridized carbons (Fsp3) is 0.947. The number of hydrogen-bond acceptors (Lipinski definition) is 6. The molecule has 0 rings (SSSR count). The van der Waals surface area contributed by atoms with E-state index in [1.54, 1.807) is 0 Å². The predicted octanol–water partition coefficient (Wildman–Crippen LogP) is 18.5. The number of carbonyl (C=O) groups is 3. The molecule has 0 aromatic carbocycles. The molecule has 6 heteroatoms. The van der Waals surface area contributed by atoms with Gasteiger partial charge in [0.1, 0.15) is 13.2 Å². The van der Waals surface area contributed by atoms with Crippen LogP contribution in [0.4, 0.5) is 0 Å². The van der Waals surface area contributed by atoms with Crippen LogP contribution in [0.1, 0.15) is 317 Å². The highest BCUT2D eigenvalue weighted by Gasteiger charge is 2.19. The average molecular weight is 892 g/mol. The second-order valence-corrected chi connectivity index (χ2v) is 20.3. The van der Waals surface area contributed by atoms with E-state index in [0.717, 1.165) is 69.6 Å². The van der Waals surface area contributed by atoms with Crippen molar-refractivity contribution in [3.63, 3.8) is 0 Å². The average Bonchev–Trinajstić information content (AvgIpc) is 3.27. The maximum atomic E-state index is 12.8. The van der Waals surface area contributed by atoms with E-state index in [1.807, 2.05) is 0 Å². The van der Waals surface area contributed by atoms with Crippen molar-refractivity contribution in [3.8, 4) is 0 Å². The fourth-order valence-corrected chi connectivity index (χ4v) is 8.66. The molecular formula is C57H110O6. The van der Waals surface area contributed by atoms with Crippen molar-refractivity contribution >= 4 is 17.9 Å². The van der Waals surface area contributed by atoms with Gasteiger partial charge in [0.15, 0.2) is 6.10 Å². The second-order valence-electron chi connectivity index (χ2n) is 20.3. The van der Waals surface area contributed by atoms with Crippen LogP contribution in [0.25, 0.3) is 0 Å². The highest BCUT2D eigenvalue weighted by atomic mass is 16.6. The van der Waals surface area contributed by atoms with Crippen LogP contribution in [-0.4, -0.2) is 37.2 Å². The van der Waals surface area contributed by atoms with E-state index in [-0.39, 0.29) is 31.1 Å². The standard InChI is InChI=1S/C57H110O6/c1-6-8-9-10-11-12-27-32-37-42-47-55(58)61-50-54(63-57(60)49-44-39-34-29-24-23-26-31-36-41-46-53(5)7-2)51-62-56(59)48-43-38-33-28-22-20-18-16-14-13-15-17-19-21-25-30-35-40-45-52(3)4/h52-54H,6-51H2,1-5H3/t53?,54-/m0/s1. The molecule has 0 saturated heterocycles. The van der Waals surface area contributed by atoms with Gasteiger partial charge in [-0.1, -0.05) is 279 Å². The van der Waals surface area contributed by atoms with Gasteiger partial charge in [-0.3, -0.25) is 14.4 Å². The maximum Gasteiger partial charge on any atom is 0.306 e. The summed E-state index contributed by atoms with van der Waals surface area (Å²) < 4.78 is 16.8. The first-order valence-corrected chi connectivity index (χ1v) is 28.3. The molecule has 0 heterocycles. The molecule has 0 aliphatic heterocycles. The number of hydrogen-bond donors (Lipinski definition) is 0. The minimum Gasteiger partial charge on any atom is -0.462 e. The third kappa shape index (κ3) is 49.7. The van der Waals surface area contributed by atoms with E-state index in [9.17, 15) is 14.4 Å². The van der Waals surface area contributed by atoms with Crippen LogP contribution in [0.5, 0.6) is 0 Å². The molecule has 1 unspecified atom stereocenters. The van der Waals surface area contributed by atoms with Crippen molar-refractivity contribution in [1.82, 2.24) is 0 Å². The summed E-state index contributed by atoms with van der Waals surface area (Å²) in [4.78, 5) is 38.0. The van der Waals surface area contributed by atoms with Gasteiger partial charge in [-0.25, -0.2) is 0 Å². The lowest BCUT2D eigenvalue weighted by Crippen LogP contribution is -2.30. The Morgan fingerprint density at radius 1 is 0.333 bits per heavy atom. The normalized spacial score (nSPS) is 12.5. The third-order valence-electron chi connectivity index (χ3n) is 13.3. The van der Waals surface area contributed by atoms with Crippen molar-refractivity contribution in [2.75, 3.05) is 13.2 Å². The summed E-state index contributed by atoms with van der Waals surface area (Å²) >= 11 is 0. The summed E-state index contributed by atoms with van der Waals surface area (Å²) in [6.45, 7) is 11.4. The van der Waals surface area contributed by atoms with Crippen LogP contribution in [0.15, 0.2) is 0 Å². The quantitative estimate of drug-likeness (QED) is 0.0344. The van der Waals surface area contributed by atoms with Crippen molar-refractivity contribution in [2.24, 2.45) is 11.8 Å². The maximum absolute atomic E-state index is 12.8. The Kier molecular flexibility index (Phi) is 48.6. The van der Waals surface area contributed by atoms with E-state index in [2.05, 4.69) is 34.6 Å². The highest BCUT2D eigenvalue weighted by molar-refractivity contribution is 5.71. The van der Waals surface area contributed by atoms with E-state index >= 15 is 0 Å². The van der Waals surface area contributed by atoms with Gasteiger partial charge < -0.3 is 14.2 Å². The van der Waals surface area contributed by atoms with E-state index in [4.69, 9.17) is 14.2 Å². The molecule has 63 heavy (non-hydrogen) atoms. The fourth-order valence-electron chi connectivity index (χ4n) is 8.66. The molecule has 0 radical (unpaired) electrons. The van der Waals surface area contributed by atoms with Gasteiger partial charge in [0.25, 0.3) is 0 Å². The first kappa shape index (κ1) is 61.4. The molecule has 0 saturated carbocycles. The minimum atomic E-state index is -0.762. The molecule has 0 aromatic rings. The summed E-state index contributed by atoms with van der Waals surface area (Å²) in [5, 5.41) is 0. The van der Waals surface area contributed by atoms with Crippen LogP contribution >= 0.6 is 0 Å². The van der Waals surface area contributed by atoms with Crippen LogP contribution in [0, 0.1) is 11.8 Å². The first-order chi connectivity index (χ1) is 30.8. The van der Waals surface area contributed by atoms with Crippen molar-refractivity contribution in [1.29, 1.82) is 0 Å². The van der Waals surface area contributed by atoms with Gasteiger partial charge in [-0.15, -0.1) is 0 Å². The molecule has 0 bridgehead atoms. The van der Waals surface area contributed by atoms with Gasteiger partial charge in [0.05, 0.1) is 0 Å². The van der Waals surface area contributed by atoms with Gasteiger partial charge in [-0.2, -0.15) is 0 Å². The Bertz CT molecular complexity index is 964. The summed E-state index contributed by atoms with van der Waals surface area (Å²) in [6.07, 6.45) is 52.3. The van der Waals surface area contributed by atoms with E-state index in [0.29, 0.717) is 19.3 Å². The molecule has 0 aromatic heterocycles. The summed E-state index contributed by atoms with van der Waals surface area (Å²) in [7, 11) is 0. The van der Waals surface area contributed by atoms with Crippen molar-refractivity contribution < 1.29 is 28.6 Å². The molecular weight excluding hydrogens is 781 g/mol. The molecule has 6 nitrogen and oxygen atoms in total. The molecule has 0 fully saturated rings. The minimum absolute atomic E-state index is 0.0631. The van der Waals surface area contributed by atoms with Gasteiger partial charge >= 0.3 is 17.9 Å². The molecule has 0 amide bonds. The van der Waals surface area contributed by atoms with E-state index < -0.39 is 6.10 Å². The Morgan fingerprint density at radius 2 is 0.603 bits per heavy atom. The van der Waals surface area contributed by atoms with Gasteiger partial charge in [0, 0.05) is 19.3 Å². The van der Waals surface area contributed by atoms with Gasteiger partial charge in [0.2, 0.25) is 0 Å². The predicted molar refractivity (Wildman–Crippen MR) is 270 cm³/mol. The molecule has 2 atom stereocenters. The van der Waals surface area contributed by atoms with Crippen molar-refractivity contribution in [3.05, 3.63) is 0 Å². The second kappa shape index (κ2) is 49.8. The largest absolute Gasteiger partial charge is 0.462 e. The Labute approximate surface area is 393 Å². The Morgan fingerprint density at radius 3 is 0.905 bits per heavy atom. The number of ether oxygens (including phenoxy) is 3. The Hall–Kier alpha value is -1.59. The first-order valence-electron chi connectivity index (χ1n) is 28.3. The summed E-state index contributed by atoms with van der Waals surface area (Å²) in [5.74, 6) is 0.883. The smallest absolute Gasteiger partial charge is 0.306 e. The monoisotopic (exact) mass is 891 g/mol. The van der Waals surface area contributed by atoms with Crippen LogP contribution in [-0.2, 0) is 28.6 Å². The number of unbranched alkanes of at least 4 members (excludes halogenated alkanes) is 35. The number of carbonyl (C=O) groups excluding carboxylic acids is 3. The lowest BCUT2D eigenvalue weighted by atomic mass is 9.99. The number of rotatable bonds is 51. The zero-order valence-electron chi connectivity index (χ0n) is 43.2. The van der Waals surface area contributed by atoms with Crippen LogP contribution in [0.3, 0.4) is 0 Å². The highest BCUT2D eigenvalue weighted by Crippen LogP contribution is 2.18. The number of esters is 3. The zero-order valence-corrected chi connectivity index (χ0v) is 43.2. The molecule has 0 aliphatic rings. The Balaban J connectivity index is 4.21. The zero-order chi connectivity index (χ0) is 46.1. The van der Waals surface area contributed by atoms with Gasteiger partial charge in [-0.05, 0) is 31.1 Å². The SMILES string of the molecule is CCCCCCCCCCCCC(=O)OC[C@@H](COC(=O)CCCCCCCCCCCCCCCCCCCCC(C)C)OC(=O)CCCCCCCCCCCCC(C)CC. The molecule has 0 spiro atoms. The van der Waals surface area contributed by atoms with Crippen molar-refractivity contribution in [2.45, 2.75) is 323 Å². The molecule has 0 N–H and O–H groups in total. The van der Waals surface area contributed by atoms with Crippen LogP contribution in [0.2, 0.25) is 0 Å². The summed E-state index contributed by atoms with van der Waals surface area (Å²) in [6, 6.07) is 0. The van der Waals surface area contributed by atoms with E-state index in [1.165, 1.54) is 205 Å². The lowest BCUT2D eigenvalue weighted by molar-refractivity contribution is -0.167.